The molecule has 3 rings (SSSR count). The van der Waals surface area contributed by atoms with E-state index in [0.29, 0.717) is 5.78 Å². The highest BCUT2D eigenvalue weighted by atomic mass is 16.1. The predicted molar refractivity (Wildman–Crippen MR) is 72.7 cm³/mol. The van der Waals surface area contributed by atoms with Gasteiger partial charge in [-0.05, 0) is 25.7 Å². The third kappa shape index (κ3) is 2.62. The zero-order chi connectivity index (χ0) is 12.4. The summed E-state index contributed by atoms with van der Waals surface area (Å²) in [5, 5.41) is 0. The Hall–Kier alpha value is -0.410. The van der Waals surface area contributed by atoms with Crippen molar-refractivity contribution in [3.8, 4) is 0 Å². The number of carbonyl (C=O) groups is 1. The second-order valence-corrected chi connectivity index (χ2v) is 6.24. The molecule has 18 heavy (non-hydrogen) atoms. The Bertz CT molecular complexity index is 291. The van der Waals surface area contributed by atoms with E-state index in [-0.39, 0.29) is 6.04 Å². The van der Waals surface area contributed by atoms with Crippen LogP contribution in [0.5, 0.6) is 0 Å². The van der Waals surface area contributed by atoms with Crippen molar-refractivity contribution in [2.75, 3.05) is 26.2 Å². The number of ketones is 1. The lowest BCUT2D eigenvalue weighted by Crippen LogP contribution is -2.55. The molecule has 102 valence electrons. The van der Waals surface area contributed by atoms with Gasteiger partial charge >= 0.3 is 0 Å². The lowest BCUT2D eigenvalue weighted by Gasteiger charge is -2.42. The van der Waals surface area contributed by atoms with Gasteiger partial charge < -0.3 is 0 Å². The van der Waals surface area contributed by atoms with E-state index < -0.39 is 0 Å². The topological polar surface area (TPSA) is 23.6 Å². The normalized spacial score (nSPS) is 33.1. The number of hydrogen-bond donors (Lipinski definition) is 0. The minimum atomic E-state index is 0.268. The van der Waals surface area contributed by atoms with Crippen molar-refractivity contribution in [2.45, 2.75) is 63.5 Å². The molecule has 0 radical (unpaired) electrons. The molecule has 0 aromatic heterocycles. The maximum Gasteiger partial charge on any atom is 0.149 e. The molecule has 0 aromatic carbocycles. The third-order valence-electron chi connectivity index (χ3n) is 5.15. The number of carbonyl (C=O) groups excluding carboxylic acids is 1. The standard InChI is InChI=1S/C15H26N2O/c18-15-8-4-3-7-14(15)17-11-9-16(10-12-17)13-5-1-2-6-13/h13-14H,1-12H2. The van der Waals surface area contributed by atoms with Gasteiger partial charge in [0.1, 0.15) is 5.78 Å². The molecule has 1 atom stereocenters. The second kappa shape index (κ2) is 5.70. The highest BCUT2D eigenvalue weighted by Gasteiger charge is 2.32. The monoisotopic (exact) mass is 250 g/mol. The molecule has 3 fully saturated rings. The summed E-state index contributed by atoms with van der Waals surface area (Å²) in [6.07, 6.45) is 9.97. The molecule has 0 aromatic rings. The van der Waals surface area contributed by atoms with Gasteiger partial charge in [-0.15, -0.1) is 0 Å². The Morgan fingerprint density at radius 1 is 0.778 bits per heavy atom. The Labute approximate surface area is 111 Å². The van der Waals surface area contributed by atoms with Gasteiger partial charge in [0.15, 0.2) is 0 Å². The van der Waals surface area contributed by atoms with Crippen molar-refractivity contribution in [1.82, 2.24) is 9.80 Å². The van der Waals surface area contributed by atoms with Crippen LogP contribution >= 0.6 is 0 Å². The zero-order valence-corrected chi connectivity index (χ0v) is 11.4. The van der Waals surface area contributed by atoms with E-state index >= 15 is 0 Å². The number of piperazine rings is 1. The molecule has 1 saturated heterocycles. The van der Waals surface area contributed by atoms with Gasteiger partial charge in [0.25, 0.3) is 0 Å². The van der Waals surface area contributed by atoms with Gasteiger partial charge in [-0.1, -0.05) is 19.3 Å². The molecular formula is C15H26N2O. The van der Waals surface area contributed by atoms with Crippen molar-refractivity contribution < 1.29 is 4.79 Å². The maximum atomic E-state index is 12.0. The summed E-state index contributed by atoms with van der Waals surface area (Å²) < 4.78 is 0. The van der Waals surface area contributed by atoms with Crippen LogP contribution in [0.1, 0.15) is 51.4 Å². The largest absolute Gasteiger partial charge is 0.298 e. The lowest BCUT2D eigenvalue weighted by atomic mass is 9.92. The Kier molecular flexibility index (Phi) is 4.00. The van der Waals surface area contributed by atoms with E-state index in [2.05, 4.69) is 9.80 Å². The number of rotatable bonds is 2. The summed E-state index contributed by atoms with van der Waals surface area (Å²) in [6.45, 7) is 4.61. The van der Waals surface area contributed by atoms with Crippen molar-refractivity contribution >= 4 is 5.78 Å². The Morgan fingerprint density at radius 3 is 2.06 bits per heavy atom. The molecule has 1 unspecified atom stereocenters. The van der Waals surface area contributed by atoms with Crippen LogP contribution in [0.2, 0.25) is 0 Å². The van der Waals surface area contributed by atoms with Crippen LogP contribution in [0.15, 0.2) is 0 Å². The first-order valence-electron chi connectivity index (χ1n) is 7.85. The van der Waals surface area contributed by atoms with Crippen LogP contribution in [0.4, 0.5) is 0 Å². The fourth-order valence-electron chi connectivity index (χ4n) is 4.03. The minimum Gasteiger partial charge on any atom is -0.298 e. The van der Waals surface area contributed by atoms with Crippen molar-refractivity contribution in [1.29, 1.82) is 0 Å². The van der Waals surface area contributed by atoms with Crippen LogP contribution in [-0.4, -0.2) is 53.8 Å². The van der Waals surface area contributed by atoms with Crippen LogP contribution in [0.3, 0.4) is 0 Å². The third-order valence-corrected chi connectivity index (χ3v) is 5.15. The lowest BCUT2D eigenvalue weighted by molar-refractivity contribution is -0.127. The zero-order valence-electron chi connectivity index (χ0n) is 11.4. The van der Waals surface area contributed by atoms with Crippen molar-refractivity contribution in [3.05, 3.63) is 0 Å². The number of hydrogen-bond acceptors (Lipinski definition) is 3. The summed E-state index contributed by atoms with van der Waals surface area (Å²) >= 11 is 0. The first kappa shape index (κ1) is 12.6. The van der Waals surface area contributed by atoms with Crippen LogP contribution < -0.4 is 0 Å². The molecule has 2 saturated carbocycles. The first-order chi connectivity index (χ1) is 8.84. The van der Waals surface area contributed by atoms with Crippen LogP contribution in [-0.2, 0) is 4.79 Å². The quantitative estimate of drug-likeness (QED) is 0.749. The molecule has 1 heterocycles. The summed E-state index contributed by atoms with van der Waals surface area (Å²) in [5.41, 5.74) is 0. The SMILES string of the molecule is O=C1CCCCC1N1CCN(C2CCCC2)CC1. The number of Topliss-reactive ketones (excluding diaryl/α,β-unsaturated/α-hetero) is 1. The van der Waals surface area contributed by atoms with Crippen molar-refractivity contribution in [2.24, 2.45) is 0 Å². The predicted octanol–water partition coefficient (Wildman–Crippen LogP) is 2.06. The van der Waals surface area contributed by atoms with E-state index in [1.54, 1.807) is 0 Å². The Morgan fingerprint density at radius 2 is 1.39 bits per heavy atom. The van der Waals surface area contributed by atoms with Gasteiger partial charge in [0.2, 0.25) is 0 Å². The first-order valence-corrected chi connectivity index (χ1v) is 7.85. The van der Waals surface area contributed by atoms with Gasteiger partial charge in [0, 0.05) is 38.6 Å². The van der Waals surface area contributed by atoms with Gasteiger partial charge in [-0.2, -0.15) is 0 Å². The molecule has 0 spiro atoms. The summed E-state index contributed by atoms with van der Waals surface area (Å²) in [7, 11) is 0. The second-order valence-electron chi connectivity index (χ2n) is 6.24. The molecule has 0 N–H and O–H groups in total. The summed E-state index contributed by atoms with van der Waals surface area (Å²) in [5.74, 6) is 0.510. The molecule has 3 aliphatic rings. The molecule has 0 bridgehead atoms. The Balaban J connectivity index is 1.51. The van der Waals surface area contributed by atoms with Gasteiger partial charge in [-0.3, -0.25) is 14.6 Å². The molecule has 1 aliphatic heterocycles. The molecule has 3 heteroatoms. The molecular weight excluding hydrogens is 224 g/mol. The summed E-state index contributed by atoms with van der Waals surface area (Å²) in [4.78, 5) is 17.1. The van der Waals surface area contributed by atoms with Crippen LogP contribution in [0.25, 0.3) is 0 Å². The smallest absolute Gasteiger partial charge is 0.149 e. The maximum absolute atomic E-state index is 12.0. The molecule has 2 aliphatic carbocycles. The van der Waals surface area contributed by atoms with E-state index in [1.807, 2.05) is 0 Å². The van der Waals surface area contributed by atoms with E-state index in [1.165, 1.54) is 45.2 Å². The van der Waals surface area contributed by atoms with E-state index in [0.717, 1.165) is 38.4 Å². The van der Waals surface area contributed by atoms with Crippen LogP contribution in [0, 0.1) is 0 Å². The van der Waals surface area contributed by atoms with E-state index in [4.69, 9.17) is 0 Å². The average molecular weight is 250 g/mol. The summed E-state index contributed by atoms with van der Waals surface area (Å²) in [6, 6.07) is 1.12. The number of nitrogens with zero attached hydrogens (tertiary/aromatic N) is 2. The molecule has 0 amide bonds. The van der Waals surface area contributed by atoms with Gasteiger partial charge in [-0.25, -0.2) is 0 Å². The fraction of sp³-hybridized carbons (Fsp3) is 0.933. The fourth-order valence-corrected chi connectivity index (χ4v) is 4.03. The molecule has 3 nitrogen and oxygen atoms in total. The van der Waals surface area contributed by atoms with Gasteiger partial charge in [0.05, 0.1) is 6.04 Å². The highest BCUT2D eigenvalue weighted by molar-refractivity contribution is 5.84. The van der Waals surface area contributed by atoms with E-state index in [9.17, 15) is 4.79 Å². The minimum absolute atomic E-state index is 0.268. The highest BCUT2D eigenvalue weighted by Crippen LogP contribution is 2.26. The average Bonchev–Trinajstić information content (AvgIpc) is 2.94. The van der Waals surface area contributed by atoms with Crippen molar-refractivity contribution in [3.63, 3.8) is 0 Å².